The molecule has 0 saturated heterocycles. The van der Waals surface area contributed by atoms with Gasteiger partial charge >= 0.3 is 0 Å². The molecule has 2 aromatic rings. The minimum Gasteiger partial charge on any atom is -0.328 e. The molecule has 1 aromatic heterocycles. The van der Waals surface area contributed by atoms with E-state index in [2.05, 4.69) is 71.8 Å². The van der Waals surface area contributed by atoms with Gasteiger partial charge in [0.25, 0.3) is 0 Å². The Balaban J connectivity index is 0.00000200. The molecule has 0 aliphatic rings. The van der Waals surface area contributed by atoms with Gasteiger partial charge < -0.3 is 4.57 Å². The molecule has 0 amide bonds. The summed E-state index contributed by atoms with van der Waals surface area (Å²) < 4.78 is 2.21. The fourth-order valence-electron chi connectivity index (χ4n) is 2.78. The highest BCUT2D eigenvalue weighted by molar-refractivity contribution is 5.85. The van der Waals surface area contributed by atoms with E-state index in [1.54, 1.807) is 0 Å². The largest absolute Gasteiger partial charge is 0.328 e. The number of benzene rings is 1. The number of nitrogens with zero attached hydrogens (tertiary/aromatic N) is 3. The molecule has 0 N–H and O–H groups in total. The molecule has 1 heterocycles. The Morgan fingerprint density at radius 3 is 2.19 bits per heavy atom. The average molecular weight is 330 g/mol. The number of hydrogen-bond donors (Lipinski definition) is 0. The third kappa shape index (κ3) is 4.73. The minimum atomic E-state index is 0. The van der Waals surface area contributed by atoms with Gasteiger partial charge in [0.15, 0.2) is 0 Å². The zero-order valence-corrected chi connectivity index (χ0v) is 14.5. The summed E-state index contributed by atoms with van der Waals surface area (Å²) in [5.74, 6) is 0. The molecule has 0 radical (unpaired) electrons. The van der Waals surface area contributed by atoms with Crippen molar-refractivity contribution in [2.24, 2.45) is 0 Å². The van der Waals surface area contributed by atoms with E-state index in [0.717, 1.165) is 13.1 Å². The molecule has 1 aromatic carbocycles. The van der Waals surface area contributed by atoms with Gasteiger partial charge in [0.2, 0.25) is 0 Å². The first-order valence-electron chi connectivity index (χ1n) is 7.04. The van der Waals surface area contributed by atoms with Crippen LogP contribution in [-0.2, 0) is 0 Å². The van der Waals surface area contributed by atoms with E-state index in [0.29, 0.717) is 12.1 Å². The Morgan fingerprint density at radius 2 is 1.71 bits per heavy atom. The minimum absolute atomic E-state index is 0. The smallest absolute Gasteiger partial charge is 0.0952 e. The molecule has 0 unspecified atom stereocenters. The molecule has 0 fully saturated rings. The topological polar surface area (TPSA) is 21.1 Å². The van der Waals surface area contributed by atoms with Crippen LogP contribution in [0.5, 0.6) is 0 Å². The van der Waals surface area contributed by atoms with Gasteiger partial charge in [-0.3, -0.25) is 4.90 Å². The van der Waals surface area contributed by atoms with Crippen LogP contribution >= 0.6 is 24.8 Å². The van der Waals surface area contributed by atoms with Crippen molar-refractivity contribution in [1.29, 1.82) is 0 Å². The van der Waals surface area contributed by atoms with Crippen molar-refractivity contribution in [2.45, 2.75) is 32.9 Å². The zero-order valence-electron chi connectivity index (χ0n) is 12.8. The molecule has 0 aliphatic carbocycles. The molecule has 0 aliphatic heterocycles. The second-order valence-corrected chi connectivity index (χ2v) is 4.83. The summed E-state index contributed by atoms with van der Waals surface area (Å²) in [6, 6.07) is 11.4. The summed E-state index contributed by atoms with van der Waals surface area (Å²) in [4.78, 5) is 6.69. The Labute approximate surface area is 140 Å². The third-order valence-corrected chi connectivity index (χ3v) is 3.83. The van der Waals surface area contributed by atoms with E-state index < -0.39 is 0 Å². The monoisotopic (exact) mass is 329 g/mol. The number of rotatable bonds is 6. The Bertz CT molecular complexity index is 470. The van der Waals surface area contributed by atoms with Gasteiger partial charge in [-0.2, -0.15) is 0 Å². The van der Waals surface area contributed by atoms with Crippen LogP contribution < -0.4 is 0 Å². The summed E-state index contributed by atoms with van der Waals surface area (Å²) in [5.41, 5.74) is 1.33. The molecule has 118 valence electrons. The van der Waals surface area contributed by atoms with Crippen molar-refractivity contribution >= 4 is 24.8 Å². The quantitative estimate of drug-likeness (QED) is 0.797. The molecule has 5 heteroatoms. The van der Waals surface area contributed by atoms with Crippen LogP contribution in [0, 0.1) is 0 Å². The Morgan fingerprint density at radius 1 is 1.10 bits per heavy atom. The van der Waals surface area contributed by atoms with Crippen molar-refractivity contribution in [3.05, 3.63) is 54.6 Å². The van der Waals surface area contributed by atoms with E-state index in [1.165, 1.54) is 5.56 Å². The van der Waals surface area contributed by atoms with Crippen LogP contribution in [0.2, 0.25) is 0 Å². The molecule has 0 spiro atoms. The van der Waals surface area contributed by atoms with Gasteiger partial charge in [0.1, 0.15) is 0 Å². The second kappa shape index (κ2) is 9.82. The normalized spacial score (nSPS) is 13.1. The van der Waals surface area contributed by atoms with Crippen LogP contribution in [-0.4, -0.2) is 33.6 Å². The van der Waals surface area contributed by atoms with Gasteiger partial charge in [-0.25, -0.2) is 4.98 Å². The first-order chi connectivity index (χ1) is 9.27. The Kier molecular flexibility index (Phi) is 9.34. The summed E-state index contributed by atoms with van der Waals surface area (Å²) in [7, 11) is 0. The highest BCUT2D eigenvalue weighted by Crippen LogP contribution is 2.25. The van der Waals surface area contributed by atoms with Gasteiger partial charge in [0, 0.05) is 18.4 Å². The van der Waals surface area contributed by atoms with E-state index in [1.807, 2.05) is 12.5 Å². The molecule has 0 saturated carbocycles. The SMILES string of the molecule is CCN(CC)[C@H](C)[C@H](c1ccccc1)n1ccnc1.Cl.Cl. The van der Waals surface area contributed by atoms with Gasteiger partial charge in [-0.1, -0.05) is 44.2 Å². The fourth-order valence-corrected chi connectivity index (χ4v) is 2.78. The van der Waals surface area contributed by atoms with Crippen LogP contribution in [0.25, 0.3) is 0 Å². The molecule has 3 nitrogen and oxygen atoms in total. The van der Waals surface area contributed by atoms with Crippen LogP contribution in [0.1, 0.15) is 32.4 Å². The predicted octanol–water partition coefficient (Wildman–Crippen LogP) is 4.05. The lowest BCUT2D eigenvalue weighted by molar-refractivity contribution is 0.189. The number of likely N-dealkylation sites (N-methyl/N-ethyl adjacent to an activating group) is 1. The summed E-state index contributed by atoms with van der Waals surface area (Å²) in [6.07, 6.45) is 5.82. The maximum atomic E-state index is 4.21. The van der Waals surface area contributed by atoms with Crippen molar-refractivity contribution in [1.82, 2.24) is 14.5 Å². The lowest BCUT2D eigenvalue weighted by atomic mass is 9.99. The van der Waals surface area contributed by atoms with Gasteiger partial charge in [-0.05, 0) is 25.6 Å². The van der Waals surface area contributed by atoms with Crippen molar-refractivity contribution < 1.29 is 0 Å². The van der Waals surface area contributed by atoms with Crippen LogP contribution in [0.4, 0.5) is 0 Å². The van der Waals surface area contributed by atoms with Gasteiger partial charge in [-0.15, -0.1) is 24.8 Å². The first-order valence-corrected chi connectivity index (χ1v) is 7.04. The Hall–Kier alpha value is -1.03. The molecule has 0 bridgehead atoms. The molecular weight excluding hydrogens is 305 g/mol. The van der Waals surface area contributed by atoms with Gasteiger partial charge in [0.05, 0.1) is 12.4 Å². The molecule has 2 atom stereocenters. The predicted molar refractivity (Wildman–Crippen MR) is 93.7 cm³/mol. The van der Waals surface area contributed by atoms with E-state index in [4.69, 9.17) is 0 Å². The number of aromatic nitrogens is 2. The van der Waals surface area contributed by atoms with Crippen molar-refractivity contribution in [2.75, 3.05) is 13.1 Å². The highest BCUT2D eigenvalue weighted by atomic mass is 35.5. The molecule has 21 heavy (non-hydrogen) atoms. The molecule has 2 rings (SSSR count). The summed E-state index contributed by atoms with van der Waals surface area (Å²) in [5, 5.41) is 0. The lowest BCUT2D eigenvalue weighted by Crippen LogP contribution is -2.39. The molecular formula is C16H25Cl2N3. The van der Waals surface area contributed by atoms with Crippen LogP contribution in [0.15, 0.2) is 49.1 Å². The van der Waals surface area contributed by atoms with E-state index in [9.17, 15) is 0 Å². The van der Waals surface area contributed by atoms with E-state index >= 15 is 0 Å². The average Bonchev–Trinajstić information content (AvgIpc) is 2.95. The number of imidazole rings is 1. The van der Waals surface area contributed by atoms with Crippen molar-refractivity contribution in [3.8, 4) is 0 Å². The number of halogens is 2. The second-order valence-electron chi connectivity index (χ2n) is 4.83. The highest BCUT2D eigenvalue weighted by Gasteiger charge is 2.24. The fraction of sp³-hybridized carbons (Fsp3) is 0.438. The standard InChI is InChI=1S/C16H23N3.2ClH/c1-4-18(5-2)14(3)16(19-12-11-17-13-19)15-9-7-6-8-10-15;;/h6-14,16H,4-5H2,1-3H3;2*1H/t14-,16-;;/m1../s1. The lowest BCUT2D eigenvalue weighted by Gasteiger charge is -2.34. The van der Waals surface area contributed by atoms with E-state index in [-0.39, 0.29) is 24.8 Å². The van der Waals surface area contributed by atoms with Crippen LogP contribution in [0.3, 0.4) is 0 Å². The zero-order chi connectivity index (χ0) is 13.7. The summed E-state index contributed by atoms with van der Waals surface area (Å²) in [6.45, 7) is 8.86. The maximum absolute atomic E-state index is 4.21. The number of hydrogen-bond acceptors (Lipinski definition) is 2. The van der Waals surface area contributed by atoms with Crippen molar-refractivity contribution in [3.63, 3.8) is 0 Å². The first kappa shape index (κ1) is 20.0. The maximum Gasteiger partial charge on any atom is 0.0952 e. The summed E-state index contributed by atoms with van der Waals surface area (Å²) >= 11 is 0. The third-order valence-electron chi connectivity index (χ3n) is 3.83.